The highest BCUT2D eigenvalue weighted by molar-refractivity contribution is 7.80. The van der Waals surface area contributed by atoms with E-state index in [0.717, 1.165) is 16.7 Å². The number of amides is 1. The molecular weight excluding hydrogens is 357 g/mol. The molecule has 132 valence electrons. The van der Waals surface area contributed by atoms with E-state index in [-0.39, 0.29) is 5.82 Å². The molecule has 0 spiro atoms. The maximum absolute atomic E-state index is 15.2. The first-order chi connectivity index (χ1) is 13.0. The molecule has 4 heteroatoms. The number of primary amides is 1. The topological polar surface area (TPSA) is 43.1 Å². The van der Waals surface area contributed by atoms with Gasteiger partial charge in [0.15, 0.2) is 0 Å². The molecule has 0 aliphatic heterocycles. The number of hydrogen-bond donors (Lipinski definition) is 1. The van der Waals surface area contributed by atoms with Gasteiger partial charge < -0.3 is 5.73 Å². The summed E-state index contributed by atoms with van der Waals surface area (Å²) >= 11 is 5.46. The van der Waals surface area contributed by atoms with E-state index in [2.05, 4.69) is 0 Å². The minimum absolute atomic E-state index is 0.334. The lowest BCUT2D eigenvalue weighted by Crippen LogP contribution is -2.16. The zero-order valence-electron chi connectivity index (χ0n) is 14.4. The molecule has 27 heavy (non-hydrogen) atoms. The fourth-order valence-corrected chi connectivity index (χ4v) is 3.79. The standard InChI is InChI=1S/C23H16FNOS/c24-21-12-15(14-6-2-1-3-7-14)10-16-11-17(27)13-20(22(16)21)18-8-4-5-9-19(18)23(25)26/h1-10,12-13H,11H2,(H2,25,26). The Morgan fingerprint density at radius 2 is 1.67 bits per heavy atom. The maximum Gasteiger partial charge on any atom is 0.249 e. The monoisotopic (exact) mass is 373 g/mol. The number of carbonyl (C=O) groups excluding carboxylic acids is 1. The zero-order valence-corrected chi connectivity index (χ0v) is 15.2. The molecule has 2 N–H and O–H groups in total. The van der Waals surface area contributed by atoms with Gasteiger partial charge in [-0.3, -0.25) is 4.79 Å². The number of carbonyl (C=O) groups is 1. The van der Waals surface area contributed by atoms with Crippen LogP contribution in [0, 0.1) is 5.82 Å². The number of allylic oxidation sites excluding steroid dienone is 1. The Hall–Kier alpha value is -3.11. The van der Waals surface area contributed by atoms with Crippen molar-refractivity contribution in [1.82, 2.24) is 0 Å². The van der Waals surface area contributed by atoms with E-state index in [0.29, 0.717) is 33.5 Å². The largest absolute Gasteiger partial charge is 0.366 e. The van der Waals surface area contributed by atoms with Crippen molar-refractivity contribution in [2.24, 2.45) is 5.73 Å². The minimum Gasteiger partial charge on any atom is -0.366 e. The molecule has 3 aromatic carbocycles. The summed E-state index contributed by atoms with van der Waals surface area (Å²) < 4.78 is 15.2. The van der Waals surface area contributed by atoms with Crippen LogP contribution in [0.25, 0.3) is 16.7 Å². The fourth-order valence-electron chi connectivity index (χ4n) is 3.52. The van der Waals surface area contributed by atoms with Crippen LogP contribution in [0.1, 0.15) is 27.0 Å². The van der Waals surface area contributed by atoms with Crippen LogP contribution in [0.2, 0.25) is 0 Å². The molecule has 0 bridgehead atoms. The Morgan fingerprint density at radius 1 is 0.963 bits per heavy atom. The maximum atomic E-state index is 15.2. The second kappa shape index (κ2) is 6.89. The Labute approximate surface area is 162 Å². The summed E-state index contributed by atoms with van der Waals surface area (Å²) in [6.07, 6.45) is 2.26. The van der Waals surface area contributed by atoms with Gasteiger partial charge in [-0.05, 0) is 52.1 Å². The third-order valence-corrected chi connectivity index (χ3v) is 4.96. The summed E-state index contributed by atoms with van der Waals surface area (Å²) in [5, 5.41) is 0. The van der Waals surface area contributed by atoms with Crippen LogP contribution >= 0.6 is 12.2 Å². The molecule has 2 nitrogen and oxygen atoms in total. The molecule has 0 fully saturated rings. The van der Waals surface area contributed by atoms with Crippen molar-refractivity contribution >= 4 is 28.6 Å². The van der Waals surface area contributed by atoms with Gasteiger partial charge in [-0.1, -0.05) is 60.7 Å². The van der Waals surface area contributed by atoms with Gasteiger partial charge in [-0.15, -0.1) is 0 Å². The van der Waals surface area contributed by atoms with Crippen molar-refractivity contribution < 1.29 is 9.18 Å². The van der Waals surface area contributed by atoms with Gasteiger partial charge in [-0.25, -0.2) is 4.39 Å². The molecule has 1 aliphatic rings. The van der Waals surface area contributed by atoms with E-state index in [9.17, 15) is 4.79 Å². The average molecular weight is 373 g/mol. The van der Waals surface area contributed by atoms with Gasteiger partial charge >= 0.3 is 0 Å². The third-order valence-electron chi connectivity index (χ3n) is 4.70. The van der Waals surface area contributed by atoms with E-state index in [1.165, 1.54) is 6.07 Å². The molecule has 1 aliphatic carbocycles. The Kier molecular flexibility index (Phi) is 4.42. The van der Waals surface area contributed by atoms with Gasteiger partial charge in [0.1, 0.15) is 5.82 Å². The lowest BCUT2D eigenvalue weighted by atomic mass is 9.83. The van der Waals surface area contributed by atoms with Crippen LogP contribution in [0.4, 0.5) is 4.39 Å². The number of nitrogens with two attached hydrogens (primary N) is 1. The van der Waals surface area contributed by atoms with E-state index < -0.39 is 5.91 Å². The normalized spacial score (nSPS) is 13.1. The highest BCUT2D eigenvalue weighted by Crippen LogP contribution is 2.37. The van der Waals surface area contributed by atoms with Gasteiger partial charge in [0.25, 0.3) is 0 Å². The van der Waals surface area contributed by atoms with Crippen LogP contribution in [-0.4, -0.2) is 10.8 Å². The lowest BCUT2D eigenvalue weighted by Gasteiger charge is -2.22. The zero-order chi connectivity index (χ0) is 19.0. The fraction of sp³-hybridized carbons (Fsp3) is 0.0435. The predicted molar refractivity (Wildman–Crippen MR) is 110 cm³/mol. The molecule has 0 unspecified atom stereocenters. The second-order valence-corrected chi connectivity index (χ2v) is 6.99. The molecule has 0 saturated heterocycles. The number of halogens is 1. The molecule has 4 rings (SSSR count). The number of thiocarbonyl (C=S) groups is 1. The molecule has 0 atom stereocenters. The summed E-state index contributed by atoms with van der Waals surface area (Å²) in [5.41, 5.74) is 10.1. The first kappa shape index (κ1) is 17.3. The van der Waals surface area contributed by atoms with E-state index in [4.69, 9.17) is 18.0 Å². The quantitative estimate of drug-likeness (QED) is 0.660. The lowest BCUT2D eigenvalue weighted by molar-refractivity contribution is 0.1000. The summed E-state index contributed by atoms with van der Waals surface area (Å²) in [6.45, 7) is 0. The van der Waals surface area contributed by atoms with Crippen LogP contribution < -0.4 is 5.73 Å². The van der Waals surface area contributed by atoms with Gasteiger partial charge in [0, 0.05) is 22.4 Å². The van der Waals surface area contributed by atoms with E-state index in [1.54, 1.807) is 30.3 Å². The molecule has 0 aromatic heterocycles. The molecule has 0 saturated carbocycles. The number of fused-ring (bicyclic) bond motifs is 1. The minimum atomic E-state index is -0.550. The Balaban J connectivity index is 1.92. The van der Waals surface area contributed by atoms with Crippen LogP contribution in [-0.2, 0) is 6.42 Å². The highest BCUT2D eigenvalue weighted by atomic mass is 32.1. The summed E-state index contributed by atoms with van der Waals surface area (Å²) in [5.74, 6) is -0.884. The predicted octanol–water partition coefficient (Wildman–Crippen LogP) is 4.95. The van der Waals surface area contributed by atoms with Crippen molar-refractivity contribution in [3.05, 3.63) is 101 Å². The van der Waals surface area contributed by atoms with Crippen LogP contribution in [0.15, 0.2) is 72.8 Å². The number of hydrogen-bond acceptors (Lipinski definition) is 2. The highest BCUT2D eigenvalue weighted by Gasteiger charge is 2.24. The molecule has 0 radical (unpaired) electrons. The van der Waals surface area contributed by atoms with E-state index in [1.807, 2.05) is 36.4 Å². The smallest absolute Gasteiger partial charge is 0.249 e. The van der Waals surface area contributed by atoms with Crippen molar-refractivity contribution in [3.8, 4) is 11.1 Å². The average Bonchev–Trinajstić information content (AvgIpc) is 2.67. The number of rotatable bonds is 3. The van der Waals surface area contributed by atoms with Crippen molar-refractivity contribution in [2.45, 2.75) is 6.42 Å². The summed E-state index contributed by atoms with van der Waals surface area (Å²) in [7, 11) is 0. The second-order valence-electron chi connectivity index (χ2n) is 6.47. The van der Waals surface area contributed by atoms with Crippen LogP contribution in [0.5, 0.6) is 0 Å². The Morgan fingerprint density at radius 3 is 2.41 bits per heavy atom. The van der Waals surface area contributed by atoms with E-state index >= 15 is 4.39 Å². The van der Waals surface area contributed by atoms with Crippen LogP contribution in [0.3, 0.4) is 0 Å². The van der Waals surface area contributed by atoms with Gasteiger partial charge in [-0.2, -0.15) is 0 Å². The molecule has 3 aromatic rings. The summed E-state index contributed by atoms with van der Waals surface area (Å²) in [4.78, 5) is 12.5. The molecule has 1 amide bonds. The first-order valence-electron chi connectivity index (χ1n) is 8.56. The Bertz CT molecular complexity index is 1100. The van der Waals surface area contributed by atoms with Crippen molar-refractivity contribution in [3.63, 3.8) is 0 Å². The van der Waals surface area contributed by atoms with Gasteiger partial charge in [0.2, 0.25) is 5.91 Å². The molecular formula is C23H16FNOS. The van der Waals surface area contributed by atoms with Crippen molar-refractivity contribution in [2.75, 3.05) is 0 Å². The summed E-state index contributed by atoms with van der Waals surface area (Å²) in [6, 6.07) is 20.1. The molecule has 0 heterocycles. The van der Waals surface area contributed by atoms with Crippen molar-refractivity contribution in [1.29, 1.82) is 0 Å². The number of benzene rings is 3. The first-order valence-corrected chi connectivity index (χ1v) is 8.97. The SMILES string of the molecule is NC(=O)c1ccccc1C1=CC(=S)Cc2cc(-c3ccccc3)cc(F)c21. The third kappa shape index (κ3) is 3.20. The van der Waals surface area contributed by atoms with Gasteiger partial charge in [0.05, 0.1) is 0 Å².